The molecule has 0 fully saturated rings. The van der Waals surface area contributed by atoms with Crippen molar-refractivity contribution >= 4 is 5.69 Å². The van der Waals surface area contributed by atoms with Gasteiger partial charge in [-0.3, -0.25) is 0 Å². The minimum atomic E-state index is 0.289. The van der Waals surface area contributed by atoms with Crippen LogP contribution in [0.15, 0.2) is 36.4 Å². The lowest BCUT2D eigenvalue weighted by atomic mass is 9.97. The molecule has 92 valence electrons. The number of nitrogen functional groups attached to an aromatic ring is 1. The summed E-state index contributed by atoms with van der Waals surface area (Å²) < 4.78 is 5.73. The van der Waals surface area contributed by atoms with E-state index in [9.17, 15) is 0 Å². The normalized spacial score (nSPS) is 17.3. The zero-order valence-corrected chi connectivity index (χ0v) is 10.7. The standard InChI is InChI=1S/C16H17NO/c1-10-3-5-14(17)9-15(10)12-4-6-16-13(8-12)7-11(2)18-16/h3-6,8-9,11H,7,17H2,1-2H3. The molecule has 0 radical (unpaired) electrons. The van der Waals surface area contributed by atoms with Crippen LogP contribution >= 0.6 is 0 Å². The first kappa shape index (κ1) is 11.1. The molecule has 1 aliphatic rings. The summed E-state index contributed by atoms with van der Waals surface area (Å²) in [6.45, 7) is 4.21. The average molecular weight is 239 g/mol. The third-order valence-corrected chi connectivity index (χ3v) is 3.47. The first-order valence-corrected chi connectivity index (χ1v) is 6.29. The molecule has 1 aliphatic heterocycles. The Bertz CT molecular complexity index is 604. The zero-order chi connectivity index (χ0) is 12.7. The van der Waals surface area contributed by atoms with E-state index in [2.05, 4.69) is 38.1 Å². The summed E-state index contributed by atoms with van der Waals surface area (Å²) in [6, 6.07) is 12.4. The van der Waals surface area contributed by atoms with E-state index >= 15 is 0 Å². The van der Waals surface area contributed by atoms with Crippen molar-refractivity contribution in [2.24, 2.45) is 0 Å². The summed E-state index contributed by atoms with van der Waals surface area (Å²) in [6.07, 6.45) is 1.28. The van der Waals surface area contributed by atoms with Crippen LogP contribution in [0.3, 0.4) is 0 Å². The summed E-state index contributed by atoms with van der Waals surface area (Å²) >= 11 is 0. The van der Waals surface area contributed by atoms with Crippen LogP contribution in [-0.2, 0) is 6.42 Å². The van der Waals surface area contributed by atoms with Crippen LogP contribution in [-0.4, -0.2) is 6.10 Å². The van der Waals surface area contributed by atoms with E-state index in [-0.39, 0.29) is 6.10 Å². The van der Waals surface area contributed by atoms with Crippen LogP contribution in [0.2, 0.25) is 0 Å². The van der Waals surface area contributed by atoms with Gasteiger partial charge >= 0.3 is 0 Å². The molecule has 0 spiro atoms. The molecule has 0 amide bonds. The van der Waals surface area contributed by atoms with E-state index in [0.717, 1.165) is 17.9 Å². The second kappa shape index (κ2) is 4.05. The van der Waals surface area contributed by atoms with Crippen molar-refractivity contribution in [1.82, 2.24) is 0 Å². The Kier molecular flexibility index (Phi) is 2.51. The maximum absolute atomic E-state index is 5.87. The molecule has 3 rings (SSSR count). The molecule has 0 aromatic heterocycles. The van der Waals surface area contributed by atoms with Gasteiger partial charge in [0.25, 0.3) is 0 Å². The van der Waals surface area contributed by atoms with Gasteiger partial charge in [0.15, 0.2) is 0 Å². The first-order chi connectivity index (χ1) is 8.63. The summed E-state index contributed by atoms with van der Waals surface area (Å²) in [4.78, 5) is 0. The highest BCUT2D eigenvalue weighted by molar-refractivity contribution is 5.72. The Morgan fingerprint density at radius 2 is 2.00 bits per heavy atom. The number of benzene rings is 2. The van der Waals surface area contributed by atoms with Gasteiger partial charge in [-0.1, -0.05) is 12.1 Å². The van der Waals surface area contributed by atoms with Gasteiger partial charge in [0, 0.05) is 12.1 Å². The largest absolute Gasteiger partial charge is 0.490 e. The lowest BCUT2D eigenvalue weighted by molar-refractivity contribution is 0.254. The molecule has 0 aliphatic carbocycles. The van der Waals surface area contributed by atoms with E-state index in [1.165, 1.54) is 22.3 Å². The van der Waals surface area contributed by atoms with E-state index in [0.29, 0.717) is 0 Å². The van der Waals surface area contributed by atoms with E-state index in [1.54, 1.807) is 0 Å². The summed E-state index contributed by atoms with van der Waals surface area (Å²) in [7, 11) is 0. The molecular weight excluding hydrogens is 222 g/mol. The molecule has 2 heteroatoms. The average Bonchev–Trinajstić information content (AvgIpc) is 2.71. The van der Waals surface area contributed by atoms with Gasteiger partial charge < -0.3 is 10.5 Å². The first-order valence-electron chi connectivity index (χ1n) is 6.29. The SMILES string of the molecule is Cc1ccc(N)cc1-c1ccc2c(c1)CC(C)O2. The highest BCUT2D eigenvalue weighted by atomic mass is 16.5. The van der Waals surface area contributed by atoms with Gasteiger partial charge in [0.05, 0.1) is 0 Å². The fourth-order valence-electron chi connectivity index (χ4n) is 2.54. The van der Waals surface area contributed by atoms with Crippen molar-refractivity contribution in [2.75, 3.05) is 5.73 Å². The third kappa shape index (κ3) is 1.84. The Hall–Kier alpha value is -1.96. The predicted molar refractivity (Wildman–Crippen MR) is 74.8 cm³/mol. The maximum Gasteiger partial charge on any atom is 0.123 e. The highest BCUT2D eigenvalue weighted by Gasteiger charge is 2.19. The fraction of sp³-hybridized carbons (Fsp3) is 0.250. The summed E-state index contributed by atoms with van der Waals surface area (Å²) in [5, 5.41) is 0. The van der Waals surface area contributed by atoms with Crippen LogP contribution in [0, 0.1) is 6.92 Å². The molecule has 2 N–H and O–H groups in total. The minimum Gasteiger partial charge on any atom is -0.490 e. The van der Waals surface area contributed by atoms with Crippen LogP contribution < -0.4 is 10.5 Å². The molecule has 0 bridgehead atoms. The van der Waals surface area contributed by atoms with Crippen LogP contribution in [0.4, 0.5) is 5.69 Å². The number of ether oxygens (including phenoxy) is 1. The van der Waals surface area contributed by atoms with E-state index in [1.807, 2.05) is 12.1 Å². The monoisotopic (exact) mass is 239 g/mol. The molecule has 2 aromatic carbocycles. The molecule has 0 saturated heterocycles. The summed E-state index contributed by atoms with van der Waals surface area (Å²) in [5.41, 5.74) is 11.6. The number of nitrogens with two attached hydrogens (primary N) is 1. The molecule has 2 aromatic rings. The topological polar surface area (TPSA) is 35.2 Å². The lowest BCUT2D eigenvalue weighted by Crippen LogP contribution is -2.05. The maximum atomic E-state index is 5.87. The zero-order valence-electron chi connectivity index (χ0n) is 10.7. The predicted octanol–water partition coefficient (Wildman–Crippen LogP) is 3.57. The third-order valence-electron chi connectivity index (χ3n) is 3.47. The number of rotatable bonds is 1. The molecule has 1 atom stereocenters. The number of fused-ring (bicyclic) bond motifs is 1. The Labute approximate surface area is 107 Å². The Morgan fingerprint density at radius 1 is 1.17 bits per heavy atom. The lowest BCUT2D eigenvalue weighted by Gasteiger charge is -2.08. The van der Waals surface area contributed by atoms with Gasteiger partial charge in [0.1, 0.15) is 11.9 Å². The van der Waals surface area contributed by atoms with Gasteiger partial charge in [0.2, 0.25) is 0 Å². The second-order valence-electron chi connectivity index (χ2n) is 5.03. The number of hydrogen-bond donors (Lipinski definition) is 1. The number of anilines is 1. The molecule has 18 heavy (non-hydrogen) atoms. The van der Waals surface area contributed by atoms with Gasteiger partial charge in [-0.15, -0.1) is 0 Å². The fourth-order valence-corrected chi connectivity index (χ4v) is 2.54. The highest BCUT2D eigenvalue weighted by Crippen LogP contribution is 2.34. The second-order valence-corrected chi connectivity index (χ2v) is 5.03. The van der Waals surface area contributed by atoms with Crippen molar-refractivity contribution < 1.29 is 4.74 Å². The molecular formula is C16H17NO. The Balaban J connectivity index is 2.08. The van der Waals surface area contributed by atoms with Crippen LogP contribution in [0.1, 0.15) is 18.1 Å². The van der Waals surface area contributed by atoms with E-state index < -0.39 is 0 Å². The Morgan fingerprint density at radius 3 is 2.83 bits per heavy atom. The van der Waals surface area contributed by atoms with Crippen molar-refractivity contribution in [3.63, 3.8) is 0 Å². The van der Waals surface area contributed by atoms with Crippen LogP contribution in [0.5, 0.6) is 5.75 Å². The van der Waals surface area contributed by atoms with Gasteiger partial charge in [-0.25, -0.2) is 0 Å². The van der Waals surface area contributed by atoms with Crippen molar-refractivity contribution in [3.8, 4) is 16.9 Å². The minimum absolute atomic E-state index is 0.289. The van der Waals surface area contributed by atoms with Gasteiger partial charge in [-0.05, 0) is 60.4 Å². The molecule has 0 saturated carbocycles. The van der Waals surface area contributed by atoms with Gasteiger partial charge in [-0.2, -0.15) is 0 Å². The molecule has 2 nitrogen and oxygen atoms in total. The number of aryl methyl sites for hydroxylation is 1. The van der Waals surface area contributed by atoms with E-state index in [4.69, 9.17) is 10.5 Å². The number of hydrogen-bond acceptors (Lipinski definition) is 2. The van der Waals surface area contributed by atoms with Crippen molar-refractivity contribution in [1.29, 1.82) is 0 Å². The summed E-state index contributed by atoms with van der Waals surface area (Å²) in [5.74, 6) is 1.02. The van der Waals surface area contributed by atoms with Crippen molar-refractivity contribution in [3.05, 3.63) is 47.5 Å². The molecule has 1 unspecified atom stereocenters. The van der Waals surface area contributed by atoms with Crippen LogP contribution in [0.25, 0.3) is 11.1 Å². The quantitative estimate of drug-likeness (QED) is 0.772. The molecule has 1 heterocycles. The van der Waals surface area contributed by atoms with Crippen molar-refractivity contribution in [2.45, 2.75) is 26.4 Å². The smallest absolute Gasteiger partial charge is 0.123 e.